The minimum absolute atomic E-state index is 0.0343. The number of carbonyl (C=O) groups excluding carboxylic acids is 2. The van der Waals surface area contributed by atoms with Crippen molar-refractivity contribution in [2.75, 3.05) is 13.1 Å². The van der Waals surface area contributed by atoms with Gasteiger partial charge in [0.15, 0.2) is 0 Å². The Labute approximate surface area is 122 Å². The molecule has 1 saturated heterocycles. The summed E-state index contributed by atoms with van der Waals surface area (Å²) in [6.45, 7) is 3.16. The molecule has 20 heavy (non-hydrogen) atoms. The van der Waals surface area contributed by atoms with Crippen LogP contribution in [0, 0.1) is 5.92 Å². The van der Waals surface area contributed by atoms with Gasteiger partial charge in [-0.25, -0.2) is 0 Å². The van der Waals surface area contributed by atoms with Crippen molar-refractivity contribution in [1.29, 1.82) is 0 Å². The molecule has 2 fully saturated rings. The molecule has 0 aromatic carbocycles. The summed E-state index contributed by atoms with van der Waals surface area (Å²) < 4.78 is 0. The standard InChI is InChI=1S/C16H28N2O2/c1-13(19)17-15-9-11-18(12-10-15)16(20)8-7-14-5-3-2-4-6-14/h14-15H,2-12H2,1H3,(H,17,19). The molecule has 1 saturated carbocycles. The molecule has 2 rings (SSSR count). The monoisotopic (exact) mass is 280 g/mol. The number of amides is 2. The molecule has 2 aliphatic rings. The Bertz CT molecular complexity index is 329. The number of piperidine rings is 1. The highest BCUT2D eigenvalue weighted by Crippen LogP contribution is 2.27. The van der Waals surface area contributed by atoms with Gasteiger partial charge in [0.2, 0.25) is 11.8 Å². The van der Waals surface area contributed by atoms with E-state index in [1.807, 2.05) is 4.90 Å². The summed E-state index contributed by atoms with van der Waals surface area (Å²) in [6, 6.07) is 0.259. The van der Waals surface area contributed by atoms with Crippen LogP contribution in [0.1, 0.15) is 64.7 Å². The van der Waals surface area contributed by atoms with Gasteiger partial charge in [0.25, 0.3) is 0 Å². The van der Waals surface area contributed by atoms with E-state index in [9.17, 15) is 9.59 Å². The van der Waals surface area contributed by atoms with Crippen LogP contribution in [0.5, 0.6) is 0 Å². The number of rotatable bonds is 4. The van der Waals surface area contributed by atoms with Gasteiger partial charge in [0.05, 0.1) is 0 Å². The van der Waals surface area contributed by atoms with Crippen molar-refractivity contribution in [3.63, 3.8) is 0 Å². The van der Waals surface area contributed by atoms with Gasteiger partial charge in [0.1, 0.15) is 0 Å². The van der Waals surface area contributed by atoms with Gasteiger partial charge in [-0.2, -0.15) is 0 Å². The Morgan fingerprint density at radius 2 is 1.70 bits per heavy atom. The average Bonchev–Trinajstić information content (AvgIpc) is 2.46. The summed E-state index contributed by atoms with van der Waals surface area (Å²) in [4.78, 5) is 25.2. The zero-order valence-corrected chi connectivity index (χ0v) is 12.7. The highest BCUT2D eigenvalue weighted by Gasteiger charge is 2.23. The number of nitrogens with zero attached hydrogens (tertiary/aromatic N) is 1. The van der Waals surface area contributed by atoms with Gasteiger partial charge in [-0.05, 0) is 25.2 Å². The molecule has 1 aliphatic heterocycles. The molecule has 0 aromatic heterocycles. The van der Waals surface area contributed by atoms with E-state index in [4.69, 9.17) is 0 Å². The Hall–Kier alpha value is -1.06. The third-order valence-corrected chi connectivity index (χ3v) is 4.75. The van der Waals surface area contributed by atoms with Crippen LogP contribution in [0.2, 0.25) is 0 Å². The van der Waals surface area contributed by atoms with Crippen molar-refractivity contribution in [2.45, 2.75) is 70.8 Å². The predicted octanol–water partition coefficient (Wildman–Crippen LogP) is 2.47. The molecule has 4 heteroatoms. The first-order valence-electron chi connectivity index (χ1n) is 8.20. The van der Waals surface area contributed by atoms with Crippen LogP contribution in [0.3, 0.4) is 0 Å². The number of nitrogens with one attached hydrogen (secondary N) is 1. The quantitative estimate of drug-likeness (QED) is 0.860. The fraction of sp³-hybridized carbons (Fsp3) is 0.875. The maximum atomic E-state index is 12.2. The smallest absolute Gasteiger partial charge is 0.222 e. The molecule has 0 radical (unpaired) electrons. The van der Waals surface area contributed by atoms with Crippen LogP contribution in [0.25, 0.3) is 0 Å². The predicted molar refractivity (Wildman–Crippen MR) is 79.2 cm³/mol. The Kier molecular flexibility index (Phi) is 5.86. The maximum absolute atomic E-state index is 12.2. The molecular formula is C16H28N2O2. The van der Waals surface area contributed by atoms with Crippen LogP contribution in [0.15, 0.2) is 0 Å². The third kappa shape index (κ3) is 4.80. The number of hydrogen-bond donors (Lipinski definition) is 1. The molecule has 1 heterocycles. The van der Waals surface area contributed by atoms with Crippen molar-refractivity contribution in [3.8, 4) is 0 Å². The topological polar surface area (TPSA) is 49.4 Å². The first-order valence-corrected chi connectivity index (χ1v) is 8.20. The second kappa shape index (κ2) is 7.65. The normalized spacial score (nSPS) is 21.8. The minimum Gasteiger partial charge on any atom is -0.353 e. The molecule has 114 valence electrons. The van der Waals surface area contributed by atoms with Crippen LogP contribution in [-0.2, 0) is 9.59 Å². The van der Waals surface area contributed by atoms with Crippen molar-refractivity contribution in [2.24, 2.45) is 5.92 Å². The number of carbonyl (C=O) groups is 2. The highest BCUT2D eigenvalue weighted by atomic mass is 16.2. The second-order valence-electron chi connectivity index (χ2n) is 6.40. The average molecular weight is 280 g/mol. The van der Waals surface area contributed by atoms with E-state index in [0.717, 1.165) is 44.7 Å². The zero-order valence-electron chi connectivity index (χ0n) is 12.7. The number of hydrogen-bond acceptors (Lipinski definition) is 2. The van der Waals surface area contributed by atoms with E-state index in [1.165, 1.54) is 32.1 Å². The van der Waals surface area contributed by atoms with E-state index >= 15 is 0 Å². The lowest BCUT2D eigenvalue weighted by molar-refractivity contribution is -0.132. The van der Waals surface area contributed by atoms with E-state index in [2.05, 4.69) is 5.32 Å². The fourth-order valence-electron chi connectivity index (χ4n) is 3.52. The lowest BCUT2D eigenvalue weighted by Gasteiger charge is -2.32. The molecule has 0 spiro atoms. The van der Waals surface area contributed by atoms with Gasteiger partial charge in [0, 0.05) is 32.5 Å². The summed E-state index contributed by atoms with van der Waals surface area (Å²) >= 11 is 0. The third-order valence-electron chi connectivity index (χ3n) is 4.75. The van der Waals surface area contributed by atoms with Gasteiger partial charge in [-0.15, -0.1) is 0 Å². The zero-order chi connectivity index (χ0) is 14.4. The lowest BCUT2D eigenvalue weighted by Crippen LogP contribution is -2.46. The summed E-state index contributed by atoms with van der Waals surface area (Å²) in [6.07, 6.45) is 10.3. The molecule has 0 bridgehead atoms. The van der Waals surface area contributed by atoms with Crippen molar-refractivity contribution in [3.05, 3.63) is 0 Å². The SMILES string of the molecule is CC(=O)NC1CCN(C(=O)CCC2CCCCC2)CC1. The van der Waals surface area contributed by atoms with Gasteiger partial charge < -0.3 is 10.2 Å². The highest BCUT2D eigenvalue weighted by molar-refractivity contribution is 5.76. The lowest BCUT2D eigenvalue weighted by atomic mass is 9.86. The number of likely N-dealkylation sites (tertiary alicyclic amines) is 1. The van der Waals surface area contributed by atoms with Crippen molar-refractivity contribution < 1.29 is 9.59 Å². The largest absolute Gasteiger partial charge is 0.353 e. The van der Waals surface area contributed by atoms with Gasteiger partial charge in [-0.1, -0.05) is 32.1 Å². The molecule has 1 N–H and O–H groups in total. The molecule has 0 aromatic rings. The molecule has 0 unspecified atom stereocenters. The van der Waals surface area contributed by atoms with Crippen molar-refractivity contribution in [1.82, 2.24) is 10.2 Å². The second-order valence-corrected chi connectivity index (χ2v) is 6.40. The van der Waals surface area contributed by atoms with Crippen LogP contribution < -0.4 is 5.32 Å². The van der Waals surface area contributed by atoms with E-state index in [-0.39, 0.29) is 11.9 Å². The van der Waals surface area contributed by atoms with Crippen LogP contribution >= 0.6 is 0 Å². The van der Waals surface area contributed by atoms with Crippen molar-refractivity contribution >= 4 is 11.8 Å². The maximum Gasteiger partial charge on any atom is 0.222 e. The molecule has 1 aliphatic carbocycles. The van der Waals surface area contributed by atoms with Crippen LogP contribution in [-0.4, -0.2) is 35.8 Å². The van der Waals surface area contributed by atoms with Gasteiger partial charge >= 0.3 is 0 Å². The Balaban J connectivity index is 1.65. The summed E-state index contributed by atoms with van der Waals surface area (Å²) in [5.74, 6) is 1.13. The van der Waals surface area contributed by atoms with E-state index in [1.54, 1.807) is 6.92 Å². The van der Waals surface area contributed by atoms with Gasteiger partial charge in [-0.3, -0.25) is 9.59 Å². The Morgan fingerprint density at radius 3 is 2.30 bits per heavy atom. The van der Waals surface area contributed by atoms with E-state index in [0.29, 0.717) is 5.91 Å². The van der Waals surface area contributed by atoms with Crippen LogP contribution in [0.4, 0.5) is 0 Å². The first kappa shape index (κ1) is 15.3. The summed E-state index contributed by atoms with van der Waals surface area (Å²) in [7, 11) is 0. The molecule has 0 atom stereocenters. The molecule has 4 nitrogen and oxygen atoms in total. The van der Waals surface area contributed by atoms with E-state index < -0.39 is 0 Å². The first-order chi connectivity index (χ1) is 9.65. The Morgan fingerprint density at radius 1 is 1.05 bits per heavy atom. The fourth-order valence-corrected chi connectivity index (χ4v) is 3.52. The summed E-state index contributed by atoms with van der Waals surface area (Å²) in [5.41, 5.74) is 0. The minimum atomic E-state index is 0.0343. The molecule has 2 amide bonds. The molecular weight excluding hydrogens is 252 g/mol. The summed E-state index contributed by atoms with van der Waals surface area (Å²) in [5, 5.41) is 2.95.